The number of imidazole rings is 1. The zero-order valence-electron chi connectivity index (χ0n) is 11.4. The highest BCUT2D eigenvalue weighted by Gasteiger charge is 2.23. The van der Waals surface area contributed by atoms with Crippen LogP contribution in [0.25, 0.3) is 0 Å². The average molecular weight is 257 g/mol. The fourth-order valence-electron chi connectivity index (χ4n) is 2.57. The van der Waals surface area contributed by atoms with Crippen molar-refractivity contribution in [3.05, 3.63) is 47.5 Å². The van der Waals surface area contributed by atoms with Crippen LogP contribution in [0, 0.1) is 6.92 Å². The van der Waals surface area contributed by atoms with E-state index in [1.165, 1.54) is 5.56 Å². The lowest BCUT2D eigenvalue weighted by Gasteiger charge is -2.19. The molecule has 1 aliphatic rings. The number of fused-ring (bicyclic) bond motifs is 1. The third-order valence-corrected chi connectivity index (χ3v) is 3.40. The molecule has 0 bridgehead atoms. The van der Waals surface area contributed by atoms with Gasteiger partial charge in [-0.2, -0.15) is 0 Å². The Balaban J connectivity index is 1.55. The molecule has 19 heavy (non-hydrogen) atoms. The highest BCUT2D eigenvalue weighted by atomic mass is 16.5. The van der Waals surface area contributed by atoms with Crippen LogP contribution < -0.4 is 4.74 Å². The Morgan fingerprint density at radius 3 is 3.00 bits per heavy atom. The second-order valence-electron chi connectivity index (χ2n) is 5.26. The molecule has 100 valence electrons. The normalized spacial score (nSPS) is 17.5. The summed E-state index contributed by atoms with van der Waals surface area (Å²) in [5.74, 6) is 2.05. The second kappa shape index (κ2) is 5.05. The van der Waals surface area contributed by atoms with E-state index >= 15 is 0 Å². The fourth-order valence-corrected chi connectivity index (χ4v) is 2.57. The first-order valence-corrected chi connectivity index (χ1v) is 6.64. The quantitative estimate of drug-likeness (QED) is 0.912. The summed E-state index contributed by atoms with van der Waals surface area (Å²) in [5, 5.41) is 0. The van der Waals surface area contributed by atoms with Gasteiger partial charge in [-0.05, 0) is 25.6 Å². The number of nitrogens with one attached hydrogen (secondary N) is 1. The summed E-state index contributed by atoms with van der Waals surface area (Å²) in [5.41, 5.74) is 2.42. The lowest BCUT2D eigenvalue weighted by atomic mass is 10.1. The van der Waals surface area contributed by atoms with Crippen molar-refractivity contribution < 1.29 is 4.74 Å². The molecular weight excluding hydrogens is 238 g/mol. The van der Waals surface area contributed by atoms with Gasteiger partial charge >= 0.3 is 0 Å². The molecule has 2 aromatic rings. The largest absolute Gasteiger partial charge is 0.488 e. The van der Waals surface area contributed by atoms with Gasteiger partial charge in [-0.25, -0.2) is 4.98 Å². The maximum atomic E-state index is 5.95. The lowest BCUT2D eigenvalue weighted by molar-refractivity contribution is 0.163. The molecule has 4 nitrogen and oxygen atoms in total. The van der Waals surface area contributed by atoms with Gasteiger partial charge in [-0.15, -0.1) is 0 Å². The molecule has 0 spiro atoms. The van der Waals surface area contributed by atoms with Crippen LogP contribution in [0.4, 0.5) is 0 Å². The van der Waals surface area contributed by atoms with Crippen molar-refractivity contribution in [1.29, 1.82) is 0 Å². The number of aromatic amines is 1. The van der Waals surface area contributed by atoms with E-state index in [9.17, 15) is 0 Å². The molecule has 1 N–H and O–H groups in total. The van der Waals surface area contributed by atoms with Crippen LogP contribution in [0.15, 0.2) is 30.5 Å². The molecule has 1 aromatic heterocycles. The van der Waals surface area contributed by atoms with Crippen molar-refractivity contribution in [3.8, 4) is 5.75 Å². The van der Waals surface area contributed by atoms with E-state index in [-0.39, 0.29) is 6.10 Å². The maximum Gasteiger partial charge on any atom is 0.123 e. The summed E-state index contributed by atoms with van der Waals surface area (Å²) >= 11 is 0. The number of hydrogen-bond acceptors (Lipinski definition) is 3. The predicted octanol–water partition coefficient (Wildman–Crippen LogP) is 2.15. The minimum atomic E-state index is 0.249. The van der Waals surface area contributed by atoms with Crippen molar-refractivity contribution in [3.63, 3.8) is 0 Å². The highest BCUT2D eigenvalue weighted by Crippen LogP contribution is 2.28. The van der Waals surface area contributed by atoms with Gasteiger partial charge in [0, 0.05) is 24.9 Å². The Kier molecular flexibility index (Phi) is 3.25. The number of likely N-dealkylation sites (N-methyl/N-ethyl adjacent to an activating group) is 1. The van der Waals surface area contributed by atoms with Crippen LogP contribution in [0.1, 0.15) is 17.1 Å². The summed E-state index contributed by atoms with van der Waals surface area (Å²) in [6, 6.07) is 8.28. The van der Waals surface area contributed by atoms with Crippen molar-refractivity contribution in [2.45, 2.75) is 26.0 Å². The number of hydrogen-bond donors (Lipinski definition) is 1. The van der Waals surface area contributed by atoms with Crippen molar-refractivity contribution in [2.75, 3.05) is 13.6 Å². The van der Waals surface area contributed by atoms with E-state index in [0.29, 0.717) is 0 Å². The number of para-hydroxylation sites is 1. The Morgan fingerprint density at radius 2 is 2.26 bits per heavy atom. The topological polar surface area (TPSA) is 41.2 Å². The molecule has 0 saturated heterocycles. The van der Waals surface area contributed by atoms with Crippen molar-refractivity contribution >= 4 is 0 Å². The molecule has 0 aliphatic carbocycles. The molecule has 3 rings (SSSR count). The van der Waals surface area contributed by atoms with Gasteiger partial charge in [-0.1, -0.05) is 18.2 Å². The first-order chi connectivity index (χ1) is 9.20. The summed E-state index contributed by atoms with van der Waals surface area (Å²) in [6.45, 7) is 3.76. The minimum absolute atomic E-state index is 0.249. The van der Waals surface area contributed by atoms with Crippen molar-refractivity contribution in [1.82, 2.24) is 14.9 Å². The highest BCUT2D eigenvalue weighted by molar-refractivity contribution is 5.37. The van der Waals surface area contributed by atoms with Crippen LogP contribution in [-0.4, -0.2) is 34.6 Å². The molecular formula is C15H19N3O. The Hall–Kier alpha value is -1.81. The van der Waals surface area contributed by atoms with E-state index in [4.69, 9.17) is 4.74 Å². The summed E-state index contributed by atoms with van der Waals surface area (Å²) in [7, 11) is 2.10. The number of nitrogens with zero attached hydrogens (tertiary/aromatic N) is 2. The van der Waals surface area contributed by atoms with Crippen LogP contribution in [0.2, 0.25) is 0 Å². The van der Waals surface area contributed by atoms with Crippen LogP contribution in [0.3, 0.4) is 0 Å². The average Bonchev–Trinajstić information content (AvgIpc) is 2.94. The number of rotatable bonds is 4. The van der Waals surface area contributed by atoms with Gasteiger partial charge in [0.25, 0.3) is 0 Å². The molecule has 0 radical (unpaired) electrons. The summed E-state index contributed by atoms with van der Waals surface area (Å²) in [4.78, 5) is 9.83. The Bertz CT molecular complexity index is 539. The minimum Gasteiger partial charge on any atom is -0.488 e. The second-order valence-corrected chi connectivity index (χ2v) is 5.26. The summed E-state index contributed by atoms with van der Waals surface area (Å²) in [6.07, 6.45) is 3.11. The molecule has 0 fully saturated rings. The van der Waals surface area contributed by atoms with Gasteiger partial charge in [0.15, 0.2) is 0 Å². The standard InChI is InChI=1S/C15H19N3O/c1-11-8-16-15(17-11)10-18(2)9-13-7-12-5-3-4-6-14(12)19-13/h3-6,8,13H,7,9-10H2,1-2H3,(H,16,17)/t13-/m1/s1. The Morgan fingerprint density at radius 1 is 1.42 bits per heavy atom. The molecule has 1 aromatic carbocycles. The number of ether oxygens (including phenoxy) is 1. The molecule has 2 heterocycles. The Labute approximate surface area is 113 Å². The maximum absolute atomic E-state index is 5.95. The van der Waals surface area contributed by atoms with E-state index in [1.54, 1.807) is 0 Å². The predicted molar refractivity (Wildman–Crippen MR) is 74.2 cm³/mol. The molecule has 1 atom stereocenters. The van der Waals surface area contributed by atoms with Crippen LogP contribution in [-0.2, 0) is 13.0 Å². The van der Waals surface area contributed by atoms with Gasteiger partial charge < -0.3 is 9.72 Å². The molecule has 0 saturated carbocycles. The molecule has 1 aliphatic heterocycles. The zero-order chi connectivity index (χ0) is 13.2. The SMILES string of the molecule is Cc1cnc(CN(C)C[C@H]2Cc3ccccc3O2)[nH]1. The number of aromatic nitrogens is 2. The third-order valence-electron chi connectivity index (χ3n) is 3.40. The van der Waals surface area contributed by atoms with Gasteiger partial charge in [0.05, 0.1) is 6.54 Å². The molecule has 4 heteroatoms. The van der Waals surface area contributed by atoms with E-state index in [2.05, 4.69) is 34.0 Å². The van der Waals surface area contributed by atoms with Gasteiger partial charge in [-0.3, -0.25) is 4.90 Å². The van der Waals surface area contributed by atoms with E-state index < -0.39 is 0 Å². The third kappa shape index (κ3) is 2.79. The number of benzene rings is 1. The van der Waals surface area contributed by atoms with Gasteiger partial charge in [0.1, 0.15) is 17.7 Å². The molecule has 0 unspecified atom stereocenters. The lowest BCUT2D eigenvalue weighted by Crippen LogP contribution is -2.31. The van der Waals surface area contributed by atoms with Crippen molar-refractivity contribution in [2.24, 2.45) is 0 Å². The van der Waals surface area contributed by atoms with Gasteiger partial charge in [0.2, 0.25) is 0 Å². The van der Waals surface area contributed by atoms with E-state index in [1.807, 2.05) is 25.3 Å². The zero-order valence-corrected chi connectivity index (χ0v) is 11.4. The first kappa shape index (κ1) is 12.2. The fraction of sp³-hybridized carbons (Fsp3) is 0.400. The van der Waals surface area contributed by atoms with E-state index in [0.717, 1.165) is 36.8 Å². The number of H-pyrrole nitrogens is 1. The molecule has 0 amide bonds. The van der Waals surface area contributed by atoms with Crippen LogP contribution in [0.5, 0.6) is 5.75 Å². The smallest absolute Gasteiger partial charge is 0.123 e. The first-order valence-electron chi connectivity index (χ1n) is 6.64. The summed E-state index contributed by atoms with van der Waals surface area (Å²) < 4.78 is 5.95. The van der Waals surface area contributed by atoms with Crippen LogP contribution >= 0.6 is 0 Å². The number of aryl methyl sites for hydroxylation is 1. The monoisotopic (exact) mass is 257 g/mol.